The smallest absolute Gasteiger partial charge is 0.253 e. The summed E-state index contributed by atoms with van der Waals surface area (Å²) in [4.78, 5) is 27.4. The molecule has 1 aliphatic rings. The van der Waals surface area contributed by atoms with E-state index in [1.54, 1.807) is 35.6 Å². The molecular weight excluding hydrogens is 330 g/mol. The lowest BCUT2D eigenvalue weighted by Crippen LogP contribution is -2.36. The highest BCUT2D eigenvalue weighted by atomic mass is 16.3. The second kappa shape index (κ2) is 7.61. The van der Waals surface area contributed by atoms with Gasteiger partial charge in [0.25, 0.3) is 5.56 Å². The maximum absolute atomic E-state index is 12.4. The van der Waals surface area contributed by atoms with Gasteiger partial charge in [-0.2, -0.15) is 0 Å². The molecule has 4 heterocycles. The summed E-state index contributed by atoms with van der Waals surface area (Å²) in [6.45, 7) is 3.56. The Bertz CT molecular complexity index is 884. The first kappa shape index (κ1) is 16.7. The molecule has 26 heavy (non-hydrogen) atoms. The summed E-state index contributed by atoms with van der Waals surface area (Å²) < 4.78 is 6.75. The number of likely N-dealkylation sites (tertiary alicyclic amines) is 1. The van der Waals surface area contributed by atoms with E-state index in [9.17, 15) is 4.79 Å². The summed E-state index contributed by atoms with van der Waals surface area (Å²) in [6, 6.07) is 5.32. The van der Waals surface area contributed by atoms with E-state index in [0.29, 0.717) is 11.6 Å². The van der Waals surface area contributed by atoms with Gasteiger partial charge in [-0.3, -0.25) is 19.2 Å². The molecule has 3 aromatic rings. The van der Waals surface area contributed by atoms with E-state index in [4.69, 9.17) is 4.42 Å². The molecule has 7 heteroatoms. The summed E-state index contributed by atoms with van der Waals surface area (Å²) in [5.41, 5.74) is 2.56. The molecule has 0 N–H and O–H groups in total. The van der Waals surface area contributed by atoms with Crippen molar-refractivity contribution in [1.82, 2.24) is 24.4 Å². The van der Waals surface area contributed by atoms with Crippen LogP contribution in [-0.4, -0.2) is 37.5 Å². The van der Waals surface area contributed by atoms with Gasteiger partial charge in [0.1, 0.15) is 6.26 Å². The van der Waals surface area contributed by atoms with Crippen LogP contribution in [0.1, 0.15) is 18.5 Å². The van der Waals surface area contributed by atoms with Crippen molar-refractivity contribution in [3.63, 3.8) is 0 Å². The maximum atomic E-state index is 12.4. The molecule has 1 fully saturated rings. The molecule has 0 bridgehead atoms. The molecule has 0 unspecified atom stereocenters. The van der Waals surface area contributed by atoms with Gasteiger partial charge >= 0.3 is 0 Å². The highest BCUT2D eigenvalue weighted by molar-refractivity contribution is 5.57. The van der Waals surface area contributed by atoms with Crippen LogP contribution >= 0.6 is 0 Å². The average Bonchev–Trinajstić information content (AvgIpc) is 3.19. The standard InChI is InChI=1S/C19H21N5O2/c25-19-9-18(16-1-5-20-6-2-16)21-13-24(19)10-15-3-7-23(8-4-15)11-17-12-26-14-22-17/h1-2,5-6,9,12-15H,3-4,7-8,10-11H2. The van der Waals surface area contributed by atoms with Crippen molar-refractivity contribution in [2.45, 2.75) is 25.9 Å². The van der Waals surface area contributed by atoms with E-state index in [2.05, 4.69) is 19.9 Å². The van der Waals surface area contributed by atoms with Crippen molar-refractivity contribution >= 4 is 0 Å². The van der Waals surface area contributed by atoms with Gasteiger partial charge in [0.15, 0.2) is 6.39 Å². The third kappa shape index (κ3) is 3.88. The topological polar surface area (TPSA) is 77.0 Å². The first-order valence-electron chi connectivity index (χ1n) is 8.84. The molecule has 0 aliphatic carbocycles. The molecule has 134 valence electrons. The minimum atomic E-state index is -0.00293. The van der Waals surface area contributed by atoms with Crippen LogP contribution in [0, 0.1) is 5.92 Å². The molecule has 0 aromatic carbocycles. The summed E-state index contributed by atoms with van der Waals surface area (Å²) >= 11 is 0. The summed E-state index contributed by atoms with van der Waals surface area (Å²) in [7, 11) is 0. The lowest BCUT2D eigenvalue weighted by atomic mass is 9.96. The maximum Gasteiger partial charge on any atom is 0.253 e. The minimum Gasteiger partial charge on any atom is -0.451 e. The summed E-state index contributed by atoms with van der Waals surface area (Å²) in [6.07, 6.45) is 10.4. The van der Waals surface area contributed by atoms with Crippen molar-refractivity contribution in [3.05, 3.63) is 65.6 Å². The van der Waals surface area contributed by atoms with E-state index in [1.807, 2.05) is 12.1 Å². The number of oxazole rings is 1. The predicted octanol–water partition coefficient (Wildman–Crippen LogP) is 2.21. The van der Waals surface area contributed by atoms with Gasteiger partial charge in [-0.25, -0.2) is 9.97 Å². The normalized spacial score (nSPS) is 16.0. The number of piperidine rings is 1. The highest BCUT2D eigenvalue weighted by Crippen LogP contribution is 2.20. The quantitative estimate of drug-likeness (QED) is 0.701. The van der Waals surface area contributed by atoms with Crippen molar-refractivity contribution in [2.24, 2.45) is 5.92 Å². The van der Waals surface area contributed by atoms with Crippen LogP contribution in [0.5, 0.6) is 0 Å². The summed E-state index contributed by atoms with van der Waals surface area (Å²) in [5, 5.41) is 0. The number of hydrogen-bond donors (Lipinski definition) is 0. The second-order valence-electron chi connectivity index (χ2n) is 6.70. The number of hydrogen-bond acceptors (Lipinski definition) is 6. The van der Waals surface area contributed by atoms with Crippen LogP contribution in [0.3, 0.4) is 0 Å². The van der Waals surface area contributed by atoms with Crippen molar-refractivity contribution < 1.29 is 4.42 Å². The van der Waals surface area contributed by atoms with Crippen LogP contribution < -0.4 is 5.56 Å². The lowest BCUT2D eigenvalue weighted by molar-refractivity contribution is 0.164. The van der Waals surface area contributed by atoms with Crippen LogP contribution in [0.4, 0.5) is 0 Å². The van der Waals surface area contributed by atoms with Gasteiger partial charge in [-0.1, -0.05) is 0 Å². The Hall–Kier alpha value is -2.80. The SMILES string of the molecule is O=c1cc(-c2ccncc2)ncn1CC1CCN(Cc2cocn2)CC1. The molecule has 3 aromatic heterocycles. The Morgan fingerprint density at radius 1 is 1.15 bits per heavy atom. The molecule has 0 saturated carbocycles. The van der Waals surface area contributed by atoms with Gasteiger partial charge in [0, 0.05) is 37.1 Å². The monoisotopic (exact) mass is 351 g/mol. The number of aromatic nitrogens is 4. The Balaban J connectivity index is 1.35. The average molecular weight is 351 g/mol. The molecule has 0 radical (unpaired) electrons. The molecule has 0 spiro atoms. The fourth-order valence-electron chi connectivity index (χ4n) is 3.39. The first-order valence-corrected chi connectivity index (χ1v) is 8.84. The molecular formula is C19H21N5O2. The van der Waals surface area contributed by atoms with Gasteiger partial charge in [-0.05, 0) is 44.0 Å². The molecule has 1 aliphatic heterocycles. The van der Waals surface area contributed by atoms with Crippen LogP contribution in [-0.2, 0) is 13.1 Å². The summed E-state index contributed by atoms with van der Waals surface area (Å²) in [5.74, 6) is 0.495. The Morgan fingerprint density at radius 3 is 2.65 bits per heavy atom. The Kier molecular flexibility index (Phi) is 4.88. The highest BCUT2D eigenvalue weighted by Gasteiger charge is 2.20. The third-order valence-electron chi connectivity index (χ3n) is 4.89. The van der Waals surface area contributed by atoms with E-state index in [0.717, 1.165) is 50.3 Å². The lowest BCUT2D eigenvalue weighted by Gasteiger charge is -2.31. The first-order chi connectivity index (χ1) is 12.8. The van der Waals surface area contributed by atoms with Crippen LogP contribution in [0.2, 0.25) is 0 Å². The van der Waals surface area contributed by atoms with Crippen molar-refractivity contribution in [3.8, 4) is 11.3 Å². The van der Waals surface area contributed by atoms with Gasteiger partial charge in [0.2, 0.25) is 0 Å². The van der Waals surface area contributed by atoms with Crippen molar-refractivity contribution in [2.75, 3.05) is 13.1 Å². The second-order valence-corrected chi connectivity index (χ2v) is 6.70. The molecule has 7 nitrogen and oxygen atoms in total. The van der Waals surface area contributed by atoms with Crippen molar-refractivity contribution in [1.29, 1.82) is 0 Å². The number of rotatable bonds is 5. The fourth-order valence-corrected chi connectivity index (χ4v) is 3.39. The molecule has 0 amide bonds. The zero-order chi connectivity index (χ0) is 17.8. The minimum absolute atomic E-state index is 0.00293. The van der Waals surface area contributed by atoms with Crippen LogP contribution in [0.25, 0.3) is 11.3 Å². The number of pyridine rings is 1. The van der Waals surface area contributed by atoms with E-state index < -0.39 is 0 Å². The Labute approximate surface area is 151 Å². The Morgan fingerprint density at radius 2 is 1.96 bits per heavy atom. The van der Waals surface area contributed by atoms with Crippen LogP contribution in [0.15, 0.2) is 58.8 Å². The largest absolute Gasteiger partial charge is 0.451 e. The fraction of sp³-hybridized carbons (Fsp3) is 0.368. The van der Waals surface area contributed by atoms with E-state index in [-0.39, 0.29) is 5.56 Å². The zero-order valence-corrected chi connectivity index (χ0v) is 14.5. The van der Waals surface area contributed by atoms with Gasteiger partial charge < -0.3 is 4.42 Å². The van der Waals surface area contributed by atoms with Gasteiger partial charge in [0.05, 0.1) is 17.7 Å². The van der Waals surface area contributed by atoms with Gasteiger partial charge in [-0.15, -0.1) is 0 Å². The third-order valence-corrected chi connectivity index (χ3v) is 4.89. The van der Waals surface area contributed by atoms with E-state index >= 15 is 0 Å². The predicted molar refractivity (Wildman–Crippen MR) is 96.2 cm³/mol. The molecule has 1 saturated heterocycles. The number of nitrogens with zero attached hydrogens (tertiary/aromatic N) is 5. The zero-order valence-electron chi connectivity index (χ0n) is 14.5. The van der Waals surface area contributed by atoms with E-state index in [1.165, 1.54) is 6.39 Å². The molecule has 0 atom stereocenters. The molecule has 4 rings (SSSR count).